The lowest BCUT2D eigenvalue weighted by atomic mass is 10.1. The molecule has 0 aliphatic rings. The average molecular weight is 417 g/mol. The summed E-state index contributed by atoms with van der Waals surface area (Å²) in [6.07, 6.45) is 0. The maximum absolute atomic E-state index is 12.9. The second-order valence-corrected chi connectivity index (χ2v) is 7.40. The van der Waals surface area contributed by atoms with Gasteiger partial charge < -0.3 is 20.4 Å². The van der Waals surface area contributed by atoms with E-state index in [9.17, 15) is 9.59 Å². The Labute approximate surface area is 183 Å². The zero-order valence-electron chi connectivity index (χ0n) is 18.1. The van der Waals surface area contributed by atoms with Crippen molar-refractivity contribution in [3.63, 3.8) is 0 Å². The maximum Gasteiger partial charge on any atom is 0.323 e. The molecule has 0 spiro atoms. The van der Waals surface area contributed by atoms with E-state index in [1.54, 1.807) is 29.2 Å². The molecule has 3 rings (SSSR count). The molecule has 2 N–H and O–H groups in total. The lowest BCUT2D eigenvalue weighted by Crippen LogP contribution is -2.30. The first kappa shape index (κ1) is 21.9. The molecule has 3 aromatic carbocycles. The monoisotopic (exact) mass is 416 g/mol. The molecule has 0 saturated heterocycles. The normalized spacial score (nSPS) is 10.3. The highest BCUT2D eigenvalue weighted by Crippen LogP contribution is 2.17. The number of hydrogen-bond acceptors (Lipinski definition) is 3. The first-order valence-electron chi connectivity index (χ1n) is 10.2. The molecule has 0 aliphatic heterocycles. The number of amides is 3. The Bertz CT molecular complexity index is 1000. The van der Waals surface area contributed by atoms with Gasteiger partial charge in [-0.2, -0.15) is 0 Å². The first-order chi connectivity index (χ1) is 15.0. The van der Waals surface area contributed by atoms with Gasteiger partial charge in [0.2, 0.25) is 0 Å². The number of carbonyl (C=O) groups excluding carboxylic acids is 2. The third-order valence-electron chi connectivity index (χ3n) is 4.92. The molecule has 0 aliphatic carbocycles. The summed E-state index contributed by atoms with van der Waals surface area (Å²) < 4.78 is 0. The molecule has 3 aromatic rings. The first-order valence-corrected chi connectivity index (χ1v) is 10.2. The Morgan fingerprint density at radius 1 is 0.774 bits per heavy atom. The molecule has 0 bridgehead atoms. The number of rotatable bonds is 7. The summed E-state index contributed by atoms with van der Waals surface area (Å²) in [6.45, 7) is 3.12. The number of benzene rings is 3. The van der Waals surface area contributed by atoms with Gasteiger partial charge in [-0.05, 0) is 61.0 Å². The molecule has 0 unspecified atom stereocenters. The van der Waals surface area contributed by atoms with Crippen LogP contribution in [-0.2, 0) is 6.54 Å². The molecular formula is C25H28N4O2. The molecule has 0 atom stereocenters. The molecule has 0 heterocycles. The number of anilines is 3. The van der Waals surface area contributed by atoms with Crippen LogP contribution in [0.4, 0.5) is 21.9 Å². The fourth-order valence-corrected chi connectivity index (χ4v) is 3.14. The molecule has 0 saturated carbocycles. The van der Waals surface area contributed by atoms with E-state index in [0.29, 0.717) is 30.0 Å². The van der Waals surface area contributed by atoms with Crippen LogP contribution in [0.5, 0.6) is 0 Å². The van der Waals surface area contributed by atoms with E-state index in [0.717, 1.165) is 11.3 Å². The predicted octanol–water partition coefficient (Wildman–Crippen LogP) is 5.06. The largest absolute Gasteiger partial charge is 0.378 e. The fraction of sp³-hybridized carbons (Fsp3) is 0.200. The summed E-state index contributed by atoms with van der Waals surface area (Å²) >= 11 is 0. The van der Waals surface area contributed by atoms with Gasteiger partial charge in [-0.25, -0.2) is 4.79 Å². The summed E-state index contributed by atoms with van der Waals surface area (Å²) in [7, 11) is 4.00. The van der Waals surface area contributed by atoms with Gasteiger partial charge in [0.25, 0.3) is 5.91 Å². The van der Waals surface area contributed by atoms with Crippen molar-refractivity contribution < 1.29 is 9.59 Å². The van der Waals surface area contributed by atoms with Crippen molar-refractivity contribution in [3.8, 4) is 0 Å². The summed E-state index contributed by atoms with van der Waals surface area (Å²) in [5, 5.41) is 5.54. The topological polar surface area (TPSA) is 64.7 Å². The molecule has 0 fully saturated rings. The highest BCUT2D eigenvalue weighted by atomic mass is 16.2. The average Bonchev–Trinajstić information content (AvgIpc) is 2.78. The van der Waals surface area contributed by atoms with Crippen LogP contribution in [0.3, 0.4) is 0 Å². The molecule has 6 nitrogen and oxygen atoms in total. The minimum Gasteiger partial charge on any atom is -0.378 e. The van der Waals surface area contributed by atoms with Crippen LogP contribution in [0, 0.1) is 0 Å². The van der Waals surface area contributed by atoms with Gasteiger partial charge in [0.05, 0.1) is 0 Å². The van der Waals surface area contributed by atoms with Crippen molar-refractivity contribution in [1.82, 2.24) is 4.90 Å². The van der Waals surface area contributed by atoms with Gasteiger partial charge in [0.1, 0.15) is 0 Å². The maximum atomic E-state index is 12.9. The number of hydrogen-bond donors (Lipinski definition) is 2. The van der Waals surface area contributed by atoms with Gasteiger partial charge in [0.15, 0.2) is 0 Å². The van der Waals surface area contributed by atoms with Crippen LogP contribution in [0.15, 0.2) is 78.9 Å². The number of urea groups is 1. The third-order valence-corrected chi connectivity index (χ3v) is 4.92. The van der Waals surface area contributed by atoms with E-state index < -0.39 is 0 Å². The smallest absolute Gasteiger partial charge is 0.323 e. The minimum absolute atomic E-state index is 0.0422. The van der Waals surface area contributed by atoms with Crippen molar-refractivity contribution in [2.45, 2.75) is 13.5 Å². The van der Waals surface area contributed by atoms with E-state index in [1.807, 2.05) is 68.4 Å². The standard InChI is InChI=1S/C25H28N4O2/c1-4-29(18-19-10-16-23(17-11-19)28(2)3)24(30)20-12-14-22(15-13-20)27-25(31)26-21-8-6-5-7-9-21/h5-17H,4,18H2,1-3H3,(H2,26,27,31). The van der Waals surface area contributed by atoms with Gasteiger partial charge in [-0.3, -0.25) is 4.79 Å². The SMILES string of the molecule is CCN(Cc1ccc(N(C)C)cc1)C(=O)c1ccc(NC(=O)Nc2ccccc2)cc1. The molecule has 0 aromatic heterocycles. The molecule has 31 heavy (non-hydrogen) atoms. The molecule has 0 radical (unpaired) electrons. The van der Waals surface area contributed by atoms with Crippen molar-refractivity contribution in [2.75, 3.05) is 36.2 Å². The van der Waals surface area contributed by atoms with Crippen molar-refractivity contribution in [3.05, 3.63) is 90.0 Å². The number of nitrogens with one attached hydrogen (secondary N) is 2. The Balaban J connectivity index is 1.60. The van der Waals surface area contributed by atoms with Gasteiger partial charge >= 0.3 is 6.03 Å². The van der Waals surface area contributed by atoms with Crippen molar-refractivity contribution in [1.29, 1.82) is 0 Å². The Hall–Kier alpha value is -3.80. The van der Waals surface area contributed by atoms with Crippen molar-refractivity contribution in [2.24, 2.45) is 0 Å². The van der Waals surface area contributed by atoms with Gasteiger partial charge in [-0.1, -0.05) is 30.3 Å². The summed E-state index contributed by atoms with van der Waals surface area (Å²) in [6, 6.07) is 24.0. The van der Waals surface area contributed by atoms with Crippen molar-refractivity contribution >= 4 is 29.0 Å². The van der Waals surface area contributed by atoms with Crippen LogP contribution >= 0.6 is 0 Å². The van der Waals surface area contributed by atoms with E-state index in [1.165, 1.54) is 0 Å². The summed E-state index contributed by atoms with van der Waals surface area (Å²) in [4.78, 5) is 28.9. The predicted molar refractivity (Wildman–Crippen MR) is 127 cm³/mol. The Kier molecular flexibility index (Phi) is 7.27. The second-order valence-electron chi connectivity index (χ2n) is 7.40. The third kappa shape index (κ3) is 6.09. The van der Waals surface area contributed by atoms with Gasteiger partial charge in [0, 0.05) is 49.8 Å². The molecular weight excluding hydrogens is 388 g/mol. The van der Waals surface area contributed by atoms with E-state index in [4.69, 9.17) is 0 Å². The fourth-order valence-electron chi connectivity index (χ4n) is 3.14. The highest BCUT2D eigenvalue weighted by Gasteiger charge is 2.15. The zero-order chi connectivity index (χ0) is 22.2. The van der Waals surface area contributed by atoms with E-state index >= 15 is 0 Å². The van der Waals surface area contributed by atoms with Crippen LogP contribution < -0.4 is 15.5 Å². The Morgan fingerprint density at radius 3 is 1.90 bits per heavy atom. The Morgan fingerprint density at radius 2 is 1.35 bits per heavy atom. The minimum atomic E-state index is -0.332. The summed E-state index contributed by atoms with van der Waals surface area (Å²) in [5.41, 5.74) is 4.12. The lowest BCUT2D eigenvalue weighted by molar-refractivity contribution is 0.0752. The van der Waals surface area contributed by atoms with Gasteiger partial charge in [-0.15, -0.1) is 0 Å². The quantitative estimate of drug-likeness (QED) is 0.566. The number of carbonyl (C=O) groups is 2. The molecule has 6 heteroatoms. The number of nitrogens with zero attached hydrogens (tertiary/aromatic N) is 2. The zero-order valence-corrected chi connectivity index (χ0v) is 18.1. The van der Waals surface area contributed by atoms with E-state index in [2.05, 4.69) is 22.8 Å². The molecule has 160 valence electrons. The molecule has 3 amide bonds. The van der Waals surface area contributed by atoms with Crippen LogP contribution in [0.25, 0.3) is 0 Å². The van der Waals surface area contributed by atoms with Crippen LogP contribution in [0.1, 0.15) is 22.8 Å². The van der Waals surface area contributed by atoms with Crippen LogP contribution in [-0.4, -0.2) is 37.5 Å². The second kappa shape index (κ2) is 10.3. The number of para-hydroxylation sites is 1. The van der Waals surface area contributed by atoms with Crippen LogP contribution in [0.2, 0.25) is 0 Å². The lowest BCUT2D eigenvalue weighted by Gasteiger charge is -2.22. The highest BCUT2D eigenvalue weighted by molar-refractivity contribution is 6.00. The van der Waals surface area contributed by atoms with E-state index in [-0.39, 0.29) is 11.9 Å². The summed E-state index contributed by atoms with van der Waals surface area (Å²) in [5.74, 6) is -0.0422.